The first-order valence-electron chi connectivity index (χ1n) is 3.73. The van der Waals surface area contributed by atoms with E-state index in [1.807, 2.05) is 0 Å². The maximum atomic E-state index is 11.2. The number of esters is 1. The van der Waals surface area contributed by atoms with E-state index in [1.165, 1.54) is 4.90 Å². The maximum Gasteiger partial charge on any atom is 0.398 e. The number of nitrogens with zero attached hydrogens (tertiary/aromatic N) is 1. The van der Waals surface area contributed by atoms with E-state index in [9.17, 15) is 9.59 Å². The van der Waals surface area contributed by atoms with Crippen molar-refractivity contribution in [1.82, 2.24) is 4.90 Å². The topological polar surface area (TPSA) is 55.8 Å². The molecule has 1 fully saturated rings. The summed E-state index contributed by atoms with van der Waals surface area (Å²) in [6.45, 7) is 0.835. The van der Waals surface area contributed by atoms with Crippen LogP contribution in [0.2, 0.25) is 0 Å². The zero-order chi connectivity index (χ0) is 9.68. The molecular weight excluding hydrogens is 174 g/mol. The summed E-state index contributed by atoms with van der Waals surface area (Å²) in [6, 6.07) is 0. The van der Waals surface area contributed by atoms with E-state index in [0.29, 0.717) is 13.2 Å². The van der Waals surface area contributed by atoms with E-state index in [4.69, 9.17) is 11.2 Å². The van der Waals surface area contributed by atoms with Crippen molar-refractivity contribution in [3.63, 3.8) is 0 Å². The SMILES string of the molecule is C#CCOC(=O)C(=O)N1CCOC1. The number of terminal acetylenes is 1. The van der Waals surface area contributed by atoms with Crippen molar-refractivity contribution < 1.29 is 19.1 Å². The van der Waals surface area contributed by atoms with Crippen LogP contribution in [0.25, 0.3) is 0 Å². The highest BCUT2D eigenvalue weighted by Crippen LogP contribution is 2.00. The van der Waals surface area contributed by atoms with Gasteiger partial charge < -0.3 is 14.4 Å². The normalized spacial score (nSPS) is 15.2. The van der Waals surface area contributed by atoms with Crippen LogP contribution in [0.5, 0.6) is 0 Å². The molecule has 0 aromatic rings. The van der Waals surface area contributed by atoms with E-state index in [2.05, 4.69) is 10.7 Å². The highest BCUT2D eigenvalue weighted by Gasteiger charge is 2.25. The molecule has 5 nitrogen and oxygen atoms in total. The second-order valence-corrected chi connectivity index (χ2v) is 2.39. The molecule has 0 radical (unpaired) electrons. The molecule has 1 aliphatic heterocycles. The van der Waals surface area contributed by atoms with Gasteiger partial charge in [0.2, 0.25) is 0 Å². The molecule has 0 bridgehead atoms. The fourth-order valence-corrected chi connectivity index (χ4v) is 0.872. The van der Waals surface area contributed by atoms with Crippen LogP contribution in [0.15, 0.2) is 0 Å². The Labute approximate surface area is 75.6 Å². The summed E-state index contributed by atoms with van der Waals surface area (Å²) in [5.74, 6) is 0.470. The quantitative estimate of drug-likeness (QED) is 0.296. The molecule has 5 heteroatoms. The lowest BCUT2D eigenvalue weighted by molar-refractivity contribution is -0.159. The third kappa shape index (κ3) is 2.46. The zero-order valence-corrected chi connectivity index (χ0v) is 6.99. The highest BCUT2D eigenvalue weighted by atomic mass is 16.5. The minimum atomic E-state index is -0.927. The van der Waals surface area contributed by atoms with Crippen LogP contribution in [-0.4, -0.2) is 43.3 Å². The minimum Gasteiger partial charge on any atom is -0.445 e. The Kier molecular flexibility index (Phi) is 3.29. The number of ether oxygens (including phenoxy) is 2. The lowest BCUT2D eigenvalue weighted by Crippen LogP contribution is -2.35. The van der Waals surface area contributed by atoms with Crippen molar-refractivity contribution in [3.8, 4) is 12.3 Å². The molecule has 0 aromatic carbocycles. The lowest BCUT2D eigenvalue weighted by Gasteiger charge is -2.10. The van der Waals surface area contributed by atoms with Gasteiger partial charge in [0.1, 0.15) is 6.73 Å². The van der Waals surface area contributed by atoms with E-state index < -0.39 is 11.9 Å². The Morgan fingerprint density at radius 1 is 1.62 bits per heavy atom. The summed E-state index contributed by atoms with van der Waals surface area (Å²) in [6.07, 6.45) is 4.85. The summed E-state index contributed by atoms with van der Waals surface area (Å²) >= 11 is 0. The molecule has 0 saturated carbocycles. The van der Waals surface area contributed by atoms with Crippen molar-refractivity contribution in [1.29, 1.82) is 0 Å². The molecule has 1 heterocycles. The number of rotatable bonds is 1. The molecule has 1 amide bonds. The minimum absolute atomic E-state index is 0.143. The van der Waals surface area contributed by atoms with Gasteiger partial charge in [-0.05, 0) is 0 Å². The lowest BCUT2D eigenvalue weighted by atomic mass is 10.5. The average molecular weight is 183 g/mol. The molecule has 0 unspecified atom stereocenters. The smallest absolute Gasteiger partial charge is 0.398 e. The Hall–Kier alpha value is -1.54. The summed E-state index contributed by atoms with van der Waals surface area (Å²) in [7, 11) is 0. The van der Waals surface area contributed by atoms with Gasteiger partial charge in [-0.3, -0.25) is 4.79 Å². The van der Waals surface area contributed by atoms with Gasteiger partial charge in [-0.1, -0.05) is 5.92 Å². The first kappa shape index (κ1) is 9.55. The fraction of sp³-hybridized carbons (Fsp3) is 0.500. The Balaban J connectivity index is 2.38. The third-order valence-corrected chi connectivity index (χ3v) is 1.50. The number of amides is 1. The first-order valence-corrected chi connectivity index (χ1v) is 3.73. The molecule has 1 aliphatic rings. The molecule has 13 heavy (non-hydrogen) atoms. The van der Waals surface area contributed by atoms with Gasteiger partial charge >= 0.3 is 11.9 Å². The first-order chi connectivity index (χ1) is 6.25. The van der Waals surface area contributed by atoms with Crippen molar-refractivity contribution in [2.45, 2.75) is 0 Å². The molecule has 0 aliphatic carbocycles. The molecular formula is C8H9NO4. The molecule has 70 valence electrons. The monoisotopic (exact) mass is 183 g/mol. The highest BCUT2D eigenvalue weighted by molar-refractivity contribution is 6.32. The average Bonchev–Trinajstić information content (AvgIpc) is 2.65. The Morgan fingerprint density at radius 2 is 2.38 bits per heavy atom. The van der Waals surface area contributed by atoms with Crippen LogP contribution in [-0.2, 0) is 19.1 Å². The Bertz CT molecular complexity index is 249. The molecule has 0 spiro atoms. The molecule has 0 N–H and O–H groups in total. The van der Waals surface area contributed by atoms with Gasteiger partial charge in [-0.25, -0.2) is 4.79 Å². The summed E-state index contributed by atoms with van der Waals surface area (Å²) in [5.41, 5.74) is 0. The van der Waals surface area contributed by atoms with E-state index in [0.717, 1.165) is 0 Å². The Morgan fingerprint density at radius 3 is 2.92 bits per heavy atom. The zero-order valence-electron chi connectivity index (χ0n) is 6.99. The van der Waals surface area contributed by atoms with E-state index >= 15 is 0 Å². The van der Waals surface area contributed by atoms with Gasteiger partial charge in [-0.15, -0.1) is 6.42 Å². The van der Waals surface area contributed by atoms with Crippen LogP contribution >= 0.6 is 0 Å². The van der Waals surface area contributed by atoms with E-state index in [-0.39, 0.29) is 13.3 Å². The summed E-state index contributed by atoms with van der Waals surface area (Å²) < 4.78 is 9.33. The standard InChI is InChI=1S/C8H9NO4/c1-2-4-13-8(11)7(10)9-3-5-12-6-9/h1H,3-6H2. The van der Waals surface area contributed by atoms with Crippen molar-refractivity contribution in [2.75, 3.05) is 26.5 Å². The summed E-state index contributed by atoms with van der Waals surface area (Å²) in [5, 5.41) is 0. The molecule has 1 saturated heterocycles. The number of hydrogen-bond donors (Lipinski definition) is 0. The molecule has 0 aromatic heterocycles. The predicted octanol–water partition coefficient (Wildman–Crippen LogP) is -1.02. The van der Waals surface area contributed by atoms with Gasteiger partial charge in [-0.2, -0.15) is 0 Å². The molecule has 1 rings (SSSR count). The van der Waals surface area contributed by atoms with Crippen molar-refractivity contribution in [3.05, 3.63) is 0 Å². The fourth-order valence-electron chi connectivity index (χ4n) is 0.872. The van der Waals surface area contributed by atoms with Gasteiger partial charge in [0.15, 0.2) is 6.61 Å². The van der Waals surface area contributed by atoms with Crippen LogP contribution in [0.3, 0.4) is 0 Å². The summed E-state index contributed by atoms with van der Waals surface area (Å²) in [4.78, 5) is 23.3. The van der Waals surface area contributed by atoms with Gasteiger partial charge in [0, 0.05) is 6.54 Å². The largest absolute Gasteiger partial charge is 0.445 e. The van der Waals surface area contributed by atoms with Gasteiger partial charge in [0.05, 0.1) is 6.61 Å². The third-order valence-electron chi connectivity index (χ3n) is 1.50. The number of carbonyl (C=O) groups is 2. The number of hydrogen-bond acceptors (Lipinski definition) is 4. The van der Waals surface area contributed by atoms with Crippen molar-refractivity contribution >= 4 is 11.9 Å². The maximum absolute atomic E-state index is 11.2. The van der Waals surface area contributed by atoms with Crippen LogP contribution < -0.4 is 0 Å². The van der Waals surface area contributed by atoms with Crippen LogP contribution in [0.1, 0.15) is 0 Å². The van der Waals surface area contributed by atoms with Crippen LogP contribution in [0.4, 0.5) is 0 Å². The van der Waals surface area contributed by atoms with Crippen LogP contribution in [0, 0.1) is 12.3 Å². The second kappa shape index (κ2) is 4.48. The van der Waals surface area contributed by atoms with E-state index in [1.54, 1.807) is 0 Å². The van der Waals surface area contributed by atoms with Crippen molar-refractivity contribution in [2.24, 2.45) is 0 Å². The predicted molar refractivity (Wildman–Crippen MR) is 42.3 cm³/mol. The number of carbonyl (C=O) groups excluding carboxylic acids is 2. The van der Waals surface area contributed by atoms with Gasteiger partial charge in [0.25, 0.3) is 0 Å². The second-order valence-electron chi connectivity index (χ2n) is 2.39. The molecule has 0 atom stereocenters.